The number of nitrogens with two attached hydrogens (primary N) is 1. The molecule has 17 nitrogen and oxygen atoms in total. The lowest BCUT2D eigenvalue weighted by Crippen LogP contribution is -2.29. The molecule has 3 amide bonds. The Kier molecular flexibility index (Phi) is 12.0. The Labute approximate surface area is 269 Å². The number of hydrogen-bond acceptors (Lipinski definition) is 11. The average Bonchev–Trinajstić information content (AvgIpc) is 3.79. The quantitative estimate of drug-likeness (QED) is 0.113. The van der Waals surface area contributed by atoms with Gasteiger partial charge in [-0.05, 0) is 29.8 Å². The number of carboxylic acids is 1. The van der Waals surface area contributed by atoms with Crippen LogP contribution < -0.4 is 21.7 Å². The minimum Gasteiger partial charge on any atom is -0.475 e. The van der Waals surface area contributed by atoms with E-state index in [0.717, 1.165) is 5.56 Å². The number of amides is 3. The molecule has 6 N–H and O–H groups in total. The summed E-state index contributed by atoms with van der Waals surface area (Å²) in [7, 11) is 1.77. The number of benzene rings is 1. The second kappa shape index (κ2) is 16.3. The molecular formula is C28H31F3N10O7. The van der Waals surface area contributed by atoms with E-state index < -0.39 is 18.2 Å². The number of aliphatic carboxylic acids is 1. The summed E-state index contributed by atoms with van der Waals surface area (Å²) < 4.78 is 50.8. The second-order valence-corrected chi connectivity index (χ2v) is 9.74. The Morgan fingerprint density at radius 2 is 1.71 bits per heavy atom. The van der Waals surface area contributed by atoms with Crippen LogP contribution in [-0.2, 0) is 32.5 Å². The zero-order chi connectivity index (χ0) is 34.7. The normalized spacial score (nSPS) is 11.3. The minimum atomic E-state index is -5.08. The second-order valence-electron chi connectivity index (χ2n) is 9.74. The summed E-state index contributed by atoms with van der Waals surface area (Å²) in [6.45, 7) is 2.68. The number of rotatable bonds is 13. The molecule has 1 aromatic carbocycles. The number of nitrogens with one attached hydrogen (secondary N) is 3. The van der Waals surface area contributed by atoms with Crippen molar-refractivity contribution < 1.29 is 46.6 Å². The van der Waals surface area contributed by atoms with Gasteiger partial charge >= 0.3 is 18.2 Å². The predicted molar refractivity (Wildman–Crippen MR) is 163 cm³/mol. The maximum absolute atomic E-state index is 12.9. The van der Waals surface area contributed by atoms with Crippen LogP contribution in [0.2, 0.25) is 0 Å². The van der Waals surface area contributed by atoms with Gasteiger partial charge in [0, 0.05) is 32.0 Å². The standard InChI is InChI=1S/C26H30N10O5.C2HF3O2/c1-35-16-19-22(33-35)31-25(36-24(19)30-23(34-36)20-3-2-10-41-20)32-26(38)29-18-6-4-17(5-7-18)15-21(37)28-9-12-40-14-13-39-11-8-27;3-2(4,5)1(6)7/h2-7,10,16H,8-9,11-15,27H2,1H3,(H,28,37)(H2,29,31,32,33,38);(H,6,7). The Morgan fingerprint density at radius 1 is 1.00 bits per heavy atom. The van der Waals surface area contributed by atoms with Crippen molar-refractivity contribution in [1.29, 1.82) is 0 Å². The molecule has 0 bridgehead atoms. The number of ether oxygens (including phenoxy) is 2. The fourth-order valence-corrected chi connectivity index (χ4v) is 3.98. The number of hydrogen-bond donors (Lipinski definition) is 5. The highest BCUT2D eigenvalue weighted by atomic mass is 19.4. The fraction of sp³-hybridized carbons (Fsp3) is 0.321. The van der Waals surface area contributed by atoms with Gasteiger partial charge in [-0.1, -0.05) is 12.1 Å². The van der Waals surface area contributed by atoms with E-state index in [9.17, 15) is 22.8 Å². The summed E-state index contributed by atoms with van der Waals surface area (Å²) in [6, 6.07) is 9.90. The first-order valence-electron chi connectivity index (χ1n) is 14.2. The summed E-state index contributed by atoms with van der Waals surface area (Å²) in [5.74, 6) is -1.93. The highest BCUT2D eigenvalue weighted by Crippen LogP contribution is 2.24. The molecule has 0 saturated heterocycles. The highest BCUT2D eigenvalue weighted by Gasteiger charge is 2.38. The maximum atomic E-state index is 12.9. The van der Waals surface area contributed by atoms with E-state index in [1.807, 2.05) is 0 Å². The van der Waals surface area contributed by atoms with Gasteiger partial charge in [-0.15, -0.1) is 5.10 Å². The van der Waals surface area contributed by atoms with Gasteiger partial charge in [0.25, 0.3) is 0 Å². The van der Waals surface area contributed by atoms with Crippen molar-refractivity contribution in [3.63, 3.8) is 0 Å². The van der Waals surface area contributed by atoms with Crippen LogP contribution in [0.3, 0.4) is 0 Å². The van der Waals surface area contributed by atoms with Gasteiger partial charge in [0.15, 0.2) is 17.1 Å². The van der Waals surface area contributed by atoms with Crippen molar-refractivity contribution in [2.45, 2.75) is 12.6 Å². The smallest absolute Gasteiger partial charge is 0.475 e. The summed E-state index contributed by atoms with van der Waals surface area (Å²) in [6.07, 6.45) is -1.58. The average molecular weight is 677 g/mol. The number of nitrogens with zero attached hydrogens (tertiary/aromatic N) is 6. The number of furan rings is 1. The third-order valence-electron chi connectivity index (χ3n) is 6.06. The van der Waals surface area contributed by atoms with Gasteiger partial charge in [-0.25, -0.2) is 14.6 Å². The first kappa shape index (κ1) is 35.3. The van der Waals surface area contributed by atoms with E-state index in [4.69, 9.17) is 29.5 Å². The van der Waals surface area contributed by atoms with Crippen LogP contribution in [0.1, 0.15) is 5.56 Å². The summed E-state index contributed by atoms with van der Waals surface area (Å²) in [5.41, 5.74) is 7.54. The summed E-state index contributed by atoms with van der Waals surface area (Å²) in [5, 5.41) is 24.9. The van der Waals surface area contributed by atoms with Gasteiger partial charge in [-0.2, -0.15) is 27.8 Å². The molecule has 0 radical (unpaired) electrons. The molecule has 0 fully saturated rings. The third kappa shape index (κ3) is 9.95. The Morgan fingerprint density at radius 3 is 2.35 bits per heavy atom. The molecule has 0 spiro atoms. The maximum Gasteiger partial charge on any atom is 0.490 e. The van der Waals surface area contributed by atoms with Crippen molar-refractivity contribution in [2.75, 3.05) is 50.2 Å². The molecule has 5 aromatic rings. The van der Waals surface area contributed by atoms with E-state index in [1.54, 1.807) is 54.3 Å². The summed E-state index contributed by atoms with van der Waals surface area (Å²) >= 11 is 0. The largest absolute Gasteiger partial charge is 0.490 e. The molecule has 48 heavy (non-hydrogen) atoms. The molecule has 4 aromatic heterocycles. The van der Waals surface area contributed by atoms with Gasteiger partial charge in [0.2, 0.25) is 17.7 Å². The molecule has 0 aliphatic heterocycles. The van der Waals surface area contributed by atoms with Crippen LogP contribution >= 0.6 is 0 Å². The number of carbonyl (C=O) groups is 3. The van der Waals surface area contributed by atoms with Gasteiger partial charge in [0.1, 0.15) is 0 Å². The fourth-order valence-electron chi connectivity index (χ4n) is 3.98. The Bertz CT molecular complexity index is 1820. The van der Waals surface area contributed by atoms with Gasteiger partial charge < -0.3 is 35.4 Å². The van der Waals surface area contributed by atoms with Crippen molar-refractivity contribution in [3.8, 4) is 11.6 Å². The predicted octanol–water partition coefficient (Wildman–Crippen LogP) is 2.20. The van der Waals surface area contributed by atoms with Crippen LogP contribution in [-0.4, -0.2) is 98.1 Å². The number of halogens is 3. The molecular weight excluding hydrogens is 645 g/mol. The SMILES string of the molecule is Cn1cc2c(nc(NC(=O)Nc3ccc(CC(=O)NCCOCCOCCN)cc3)n3nc(-c4ccco4)nc23)n1.O=C(O)C(F)(F)F. The number of carboxylic acid groups (broad SMARTS) is 1. The van der Waals surface area contributed by atoms with Gasteiger partial charge in [0.05, 0.1) is 44.5 Å². The number of carbonyl (C=O) groups excluding carboxylic acids is 2. The zero-order valence-electron chi connectivity index (χ0n) is 25.4. The van der Waals surface area contributed by atoms with Crippen LogP contribution in [0.5, 0.6) is 0 Å². The number of alkyl halides is 3. The van der Waals surface area contributed by atoms with Crippen LogP contribution in [0.25, 0.3) is 28.3 Å². The first-order valence-corrected chi connectivity index (χ1v) is 14.2. The van der Waals surface area contributed by atoms with Crippen LogP contribution in [0.4, 0.5) is 29.6 Å². The van der Waals surface area contributed by atoms with Crippen molar-refractivity contribution >= 4 is 46.2 Å². The highest BCUT2D eigenvalue weighted by molar-refractivity contribution is 6.00. The number of fused-ring (bicyclic) bond motifs is 3. The Hall–Kier alpha value is -5.60. The first-order chi connectivity index (χ1) is 22.9. The van der Waals surface area contributed by atoms with E-state index in [1.165, 1.54) is 10.8 Å². The van der Waals surface area contributed by atoms with E-state index in [0.29, 0.717) is 73.5 Å². The molecule has 0 unspecified atom stereocenters. The molecule has 0 aliphatic rings. The summed E-state index contributed by atoms with van der Waals surface area (Å²) in [4.78, 5) is 43.0. The number of aromatic nitrogens is 6. The molecule has 0 saturated carbocycles. The van der Waals surface area contributed by atoms with Crippen molar-refractivity contribution in [3.05, 3.63) is 54.4 Å². The Balaban J connectivity index is 0.000000671. The lowest BCUT2D eigenvalue weighted by Gasteiger charge is -2.09. The molecule has 0 atom stereocenters. The van der Waals surface area contributed by atoms with Crippen LogP contribution in [0, 0.1) is 0 Å². The topological polar surface area (TPSA) is 226 Å². The van der Waals surface area contributed by atoms with Gasteiger partial charge in [-0.3, -0.25) is 14.8 Å². The van der Waals surface area contributed by atoms with Crippen molar-refractivity contribution in [2.24, 2.45) is 12.8 Å². The monoisotopic (exact) mass is 676 g/mol. The third-order valence-corrected chi connectivity index (χ3v) is 6.06. The lowest BCUT2D eigenvalue weighted by atomic mass is 10.1. The lowest BCUT2D eigenvalue weighted by molar-refractivity contribution is -0.192. The molecule has 5 rings (SSSR count). The number of aryl methyl sites for hydroxylation is 1. The van der Waals surface area contributed by atoms with Crippen molar-refractivity contribution in [1.82, 2.24) is 34.7 Å². The van der Waals surface area contributed by atoms with E-state index in [-0.39, 0.29) is 18.3 Å². The minimum absolute atomic E-state index is 0.131. The molecule has 4 heterocycles. The molecule has 256 valence electrons. The number of urea groups is 1. The van der Waals surface area contributed by atoms with Crippen LogP contribution in [0.15, 0.2) is 53.3 Å². The zero-order valence-corrected chi connectivity index (χ0v) is 25.4. The molecule has 0 aliphatic carbocycles. The molecule has 20 heteroatoms. The number of anilines is 2. The van der Waals surface area contributed by atoms with E-state index in [2.05, 4.69) is 36.1 Å². The van der Waals surface area contributed by atoms with E-state index >= 15 is 0 Å².